The molecule has 0 unspecified atom stereocenters. The SMILES string of the molecule is CCOc1ccccc1/C=C(\NC(=O)c1ccccc1)C(=O)Nc1ccc(SCC(=O)Nc2ccc(Cl)c(C(=O)O)c2)cc1. The summed E-state index contributed by atoms with van der Waals surface area (Å²) in [6.45, 7) is 2.29. The highest BCUT2D eigenvalue weighted by atomic mass is 35.5. The van der Waals surface area contributed by atoms with Crippen LogP contribution in [0.5, 0.6) is 5.75 Å². The number of carbonyl (C=O) groups excluding carboxylic acids is 3. The zero-order valence-electron chi connectivity index (χ0n) is 23.5. The molecular weight excluding hydrogens is 602 g/mol. The predicted molar refractivity (Wildman–Crippen MR) is 172 cm³/mol. The Kier molecular flexibility index (Phi) is 11.2. The number of ether oxygens (including phenoxy) is 1. The minimum absolute atomic E-state index is 0.0226. The Labute approximate surface area is 263 Å². The Morgan fingerprint density at radius 1 is 0.864 bits per heavy atom. The molecule has 9 nitrogen and oxygen atoms in total. The van der Waals surface area contributed by atoms with Gasteiger partial charge in [-0.25, -0.2) is 4.79 Å². The number of aromatic carboxylic acids is 1. The highest BCUT2D eigenvalue weighted by molar-refractivity contribution is 8.00. The summed E-state index contributed by atoms with van der Waals surface area (Å²) in [5.74, 6) is -1.87. The lowest BCUT2D eigenvalue weighted by atomic mass is 10.1. The van der Waals surface area contributed by atoms with Crippen molar-refractivity contribution in [2.45, 2.75) is 11.8 Å². The summed E-state index contributed by atoms with van der Waals surface area (Å²) >= 11 is 7.14. The van der Waals surface area contributed by atoms with Crippen molar-refractivity contribution in [2.75, 3.05) is 23.0 Å². The van der Waals surface area contributed by atoms with Gasteiger partial charge in [-0.2, -0.15) is 0 Å². The average molecular weight is 630 g/mol. The summed E-state index contributed by atoms with van der Waals surface area (Å²) in [6.07, 6.45) is 1.56. The van der Waals surface area contributed by atoms with Crippen LogP contribution in [-0.2, 0) is 9.59 Å². The number of hydrogen-bond acceptors (Lipinski definition) is 6. The van der Waals surface area contributed by atoms with Gasteiger partial charge < -0.3 is 25.8 Å². The van der Waals surface area contributed by atoms with Crippen molar-refractivity contribution in [3.05, 3.63) is 124 Å². The van der Waals surface area contributed by atoms with Crippen LogP contribution in [0.1, 0.15) is 33.2 Å². The first-order chi connectivity index (χ1) is 21.2. The molecule has 4 aromatic rings. The van der Waals surface area contributed by atoms with E-state index in [2.05, 4.69) is 16.0 Å². The van der Waals surface area contributed by atoms with Gasteiger partial charge in [-0.15, -0.1) is 11.8 Å². The number of carboxylic acid groups (broad SMARTS) is 1. The van der Waals surface area contributed by atoms with E-state index in [4.69, 9.17) is 16.3 Å². The van der Waals surface area contributed by atoms with Crippen LogP contribution in [0.2, 0.25) is 5.02 Å². The van der Waals surface area contributed by atoms with Crippen LogP contribution in [0.3, 0.4) is 0 Å². The van der Waals surface area contributed by atoms with Gasteiger partial charge in [0.1, 0.15) is 11.4 Å². The second-order valence-corrected chi connectivity index (χ2v) is 10.6. The number of thioether (sulfide) groups is 1. The molecule has 224 valence electrons. The maximum absolute atomic E-state index is 13.4. The van der Waals surface area contributed by atoms with Crippen LogP contribution >= 0.6 is 23.4 Å². The topological polar surface area (TPSA) is 134 Å². The molecule has 11 heteroatoms. The number of hydrogen-bond donors (Lipinski definition) is 4. The summed E-state index contributed by atoms with van der Waals surface area (Å²) in [5.41, 5.74) is 1.73. The number of carboxylic acids is 1. The Hall–Kier alpha value is -5.06. The fourth-order valence-corrected chi connectivity index (χ4v) is 4.83. The molecule has 0 atom stereocenters. The first-order valence-electron chi connectivity index (χ1n) is 13.4. The molecular formula is C33H28ClN3O6S. The number of halogens is 1. The Morgan fingerprint density at radius 2 is 1.55 bits per heavy atom. The molecule has 44 heavy (non-hydrogen) atoms. The maximum atomic E-state index is 13.4. The average Bonchev–Trinajstić information content (AvgIpc) is 3.02. The van der Waals surface area contributed by atoms with Crippen molar-refractivity contribution in [3.8, 4) is 5.75 Å². The van der Waals surface area contributed by atoms with E-state index in [1.165, 1.54) is 30.0 Å². The third kappa shape index (κ3) is 8.97. The summed E-state index contributed by atoms with van der Waals surface area (Å²) in [6, 6.07) is 26.8. The molecule has 4 N–H and O–H groups in total. The molecule has 0 radical (unpaired) electrons. The molecule has 0 aliphatic heterocycles. The number of anilines is 2. The fraction of sp³-hybridized carbons (Fsp3) is 0.0909. The molecule has 0 spiro atoms. The molecule has 4 rings (SSSR count). The van der Waals surface area contributed by atoms with Crippen molar-refractivity contribution in [1.82, 2.24) is 5.32 Å². The van der Waals surface area contributed by atoms with E-state index in [-0.39, 0.29) is 27.9 Å². The summed E-state index contributed by atoms with van der Waals surface area (Å²) in [7, 11) is 0. The highest BCUT2D eigenvalue weighted by Crippen LogP contribution is 2.24. The molecule has 0 aliphatic carbocycles. The van der Waals surface area contributed by atoms with Crippen molar-refractivity contribution in [3.63, 3.8) is 0 Å². The highest BCUT2D eigenvalue weighted by Gasteiger charge is 2.17. The number of amides is 3. The minimum atomic E-state index is -1.19. The number of nitrogens with one attached hydrogen (secondary N) is 3. The first kappa shape index (κ1) is 31.9. The zero-order chi connectivity index (χ0) is 31.5. The molecule has 4 aromatic carbocycles. The zero-order valence-corrected chi connectivity index (χ0v) is 25.1. The standard InChI is InChI=1S/C33H28ClN3O6S/c1-2-43-29-11-7-6-10-22(29)18-28(37-31(39)21-8-4-3-5-9-21)32(40)36-23-12-15-25(16-13-23)44-20-30(38)35-24-14-17-27(34)26(19-24)33(41)42/h3-19H,2,20H2,1H3,(H,35,38)(H,36,40)(H,37,39)(H,41,42)/b28-18-. The largest absolute Gasteiger partial charge is 0.493 e. The van der Waals surface area contributed by atoms with Gasteiger partial charge in [-0.05, 0) is 73.7 Å². The smallest absolute Gasteiger partial charge is 0.337 e. The lowest BCUT2D eigenvalue weighted by Crippen LogP contribution is -2.30. The second-order valence-electron chi connectivity index (χ2n) is 9.16. The molecule has 0 saturated heterocycles. The van der Waals surface area contributed by atoms with Gasteiger partial charge in [-0.3, -0.25) is 14.4 Å². The first-order valence-corrected chi connectivity index (χ1v) is 14.8. The van der Waals surface area contributed by atoms with E-state index < -0.39 is 17.8 Å². The van der Waals surface area contributed by atoms with E-state index in [1.807, 2.05) is 19.1 Å². The van der Waals surface area contributed by atoms with Gasteiger partial charge in [0, 0.05) is 27.4 Å². The van der Waals surface area contributed by atoms with Crippen LogP contribution in [0, 0.1) is 0 Å². The molecule has 0 saturated carbocycles. The van der Waals surface area contributed by atoms with Crippen LogP contribution in [0.25, 0.3) is 6.08 Å². The van der Waals surface area contributed by atoms with Crippen LogP contribution in [0.15, 0.2) is 108 Å². The van der Waals surface area contributed by atoms with E-state index in [9.17, 15) is 24.3 Å². The predicted octanol–water partition coefficient (Wildman–Crippen LogP) is 6.58. The molecule has 0 aliphatic rings. The van der Waals surface area contributed by atoms with Crippen LogP contribution < -0.4 is 20.7 Å². The number of rotatable bonds is 12. The van der Waals surface area contributed by atoms with Crippen molar-refractivity contribution in [1.29, 1.82) is 0 Å². The maximum Gasteiger partial charge on any atom is 0.337 e. The van der Waals surface area contributed by atoms with Crippen LogP contribution in [0.4, 0.5) is 11.4 Å². The number of para-hydroxylation sites is 1. The molecule has 0 heterocycles. The lowest BCUT2D eigenvalue weighted by molar-refractivity contribution is -0.114. The minimum Gasteiger partial charge on any atom is -0.493 e. The van der Waals surface area contributed by atoms with Crippen molar-refractivity contribution in [2.24, 2.45) is 0 Å². The van der Waals surface area contributed by atoms with E-state index in [0.29, 0.717) is 34.9 Å². The lowest BCUT2D eigenvalue weighted by Gasteiger charge is -2.13. The van der Waals surface area contributed by atoms with Gasteiger partial charge in [0.15, 0.2) is 0 Å². The van der Waals surface area contributed by atoms with Crippen molar-refractivity contribution >= 4 is 64.5 Å². The van der Waals surface area contributed by atoms with Gasteiger partial charge in [0.25, 0.3) is 11.8 Å². The van der Waals surface area contributed by atoms with E-state index in [1.54, 1.807) is 72.8 Å². The van der Waals surface area contributed by atoms with Gasteiger partial charge in [0.05, 0.1) is 22.9 Å². The summed E-state index contributed by atoms with van der Waals surface area (Å²) < 4.78 is 5.68. The molecule has 0 bridgehead atoms. The summed E-state index contributed by atoms with van der Waals surface area (Å²) in [5, 5.41) is 17.5. The van der Waals surface area contributed by atoms with Gasteiger partial charge >= 0.3 is 5.97 Å². The molecule has 0 fully saturated rings. The van der Waals surface area contributed by atoms with E-state index in [0.717, 1.165) is 4.90 Å². The van der Waals surface area contributed by atoms with Gasteiger partial charge in [0.2, 0.25) is 5.91 Å². The molecule has 3 amide bonds. The number of benzene rings is 4. The third-order valence-corrected chi connectivity index (χ3v) is 7.35. The number of carbonyl (C=O) groups is 4. The monoisotopic (exact) mass is 629 g/mol. The van der Waals surface area contributed by atoms with Gasteiger partial charge in [-0.1, -0.05) is 48.0 Å². The fourth-order valence-electron chi connectivity index (χ4n) is 3.93. The van der Waals surface area contributed by atoms with E-state index >= 15 is 0 Å². The Balaban J connectivity index is 1.42. The van der Waals surface area contributed by atoms with Crippen LogP contribution in [-0.4, -0.2) is 41.2 Å². The molecule has 0 aromatic heterocycles. The van der Waals surface area contributed by atoms with Crippen molar-refractivity contribution < 1.29 is 29.0 Å². The summed E-state index contributed by atoms with van der Waals surface area (Å²) in [4.78, 5) is 50.8. The third-order valence-electron chi connectivity index (χ3n) is 6.01. The quantitative estimate of drug-likeness (QED) is 0.103. The second kappa shape index (κ2) is 15.4. The Morgan fingerprint density at radius 3 is 2.25 bits per heavy atom. The normalized spacial score (nSPS) is 10.9. The Bertz CT molecular complexity index is 1690.